The highest BCUT2D eigenvalue weighted by molar-refractivity contribution is 6.33. The summed E-state index contributed by atoms with van der Waals surface area (Å²) in [6.07, 6.45) is -2.45. The molecule has 9 heteroatoms. The highest BCUT2D eigenvalue weighted by atomic mass is 35.5. The number of rotatable bonds is 2. The van der Waals surface area contributed by atoms with Crippen molar-refractivity contribution in [2.24, 2.45) is 0 Å². The maximum Gasteiger partial charge on any atom is 0.417 e. The first kappa shape index (κ1) is 16.5. The second-order valence-corrected chi connectivity index (χ2v) is 5.76. The number of benzene rings is 1. The van der Waals surface area contributed by atoms with Gasteiger partial charge in [0.05, 0.1) is 15.5 Å². The van der Waals surface area contributed by atoms with E-state index in [1.807, 2.05) is 0 Å². The number of aryl methyl sites for hydroxylation is 1. The first-order valence-corrected chi connectivity index (χ1v) is 7.43. The van der Waals surface area contributed by atoms with E-state index in [0.717, 1.165) is 17.8 Å². The van der Waals surface area contributed by atoms with Crippen LogP contribution in [0.1, 0.15) is 17.5 Å². The fraction of sp³-hybridized carbons (Fsp3) is 0.267. The Morgan fingerprint density at radius 3 is 2.67 bits per heavy atom. The second-order valence-electron chi connectivity index (χ2n) is 5.35. The summed E-state index contributed by atoms with van der Waals surface area (Å²) in [5.74, 6) is 0.208. The summed E-state index contributed by atoms with van der Waals surface area (Å²) in [5.41, 5.74) is 0.466. The molecular weight excluding hydrogens is 347 g/mol. The van der Waals surface area contributed by atoms with E-state index in [-0.39, 0.29) is 16.5 Å². The van der Waals surface area contributed by atoms with E-state index in [2.05, 4.69) is 4.98 Å². The molecule has 2 aromatic rings. The van der Waals surface area contributed by atoms with Crippen molar-refractivity contribution in [1.29, 1.82) is 0 Å². The average Bonchev–Trinajstić information content (AvgIpc) is 2.53. The van der Waals surface area contributed by atoms with E-state index in [4.69, 9.17) is 11.6 Å². The van der Waals surface area contributed by atoms with Gasteiger partial charge in [-0.05, 0) is 30.5 Å². The van der Waals surface area contributed by atoms with E-state index in [1.54, 1.807) is 11.0 Å². The molecule has 1 aromatic carbocycles. The van der Waals surface area contributed by atoms with Gasteiger partial charge in [-0.1, -0.05) is 11.6 Å². The van der Waals surface area contributed by atoms with Gasteiger partial charge in [-0.3, -0.25) is 10.1 Å². The van der Waals surface area contributed by atoms with Crippen LogP contribution in [-0.4, -0.2) is 16.5 Å². The maximum absolute atomic E-state index is 12.7. The molecule has 3 rings (SSSR count). The topological polar surface area (TPSA) is 59.3 Å². The van der Waals surface area contributed by atoms with Crippen molar-refractivity contribution in [3.63, 3.8) is 0 Å². The van der Waals surface area contributed by atoms with E-state index in [0.29, 0.717) is 25.1 Å². The molecule has 0 saturated carbocycles. The first-order valence-electron chi connectivity index (χ1n) is 7.05. The zero-order chi connectivity index (χ0) is 17.5. The lowest BCUT2D eigenvalue weighted by atomic mass is 10.0. The van der Waals surface area contributed by atoms with Gasteiger partial charge >= 0.3 is 6.18 Å². The van der Waals surface area contributed by atoms with Crippen molar-refractivity contribution in [2.45, 2.75) is 19.0 Å². The van der Waals surface area contributed by atoms with Crippen LogP contribution in [0.15, 0.2) is 30.5 Å². The predicted octanol–water partition coefficient (Wildman–Crippen LogP) is 4.75. The lowest BCUT2D eigenvalue weighted by molar-refractivity contribution is -0.384. The minimum Gasteiger partial charge on any atom is -0.325 e. The van der Waals surface area contributed by atoms with E-state index >= 15 is 0 Å². The summed E-state index contributed by atoms with van der Waals surface area (Å²) in [4.78, 5) is 15.9. The van der Waals surface area contributed by atoms with Gasteiger partial charge in [0.15, 0.2) is 5.82 Å². The minimum atomic E-state index is -4.52. The van der Waals surface area contributed by atoms with Gasteiger partial charge in [0.2, 0.25) is 0 Å². The summed E-state index contributed by atoms with van der Waals surface area (Å²) in [7, 11) is 0. The lowest BCUT2D eigenvalue weighted by Crippen LogP contribution is -2.26. The summed E-state index contributed by atoms with van der Waals surface area (Å²) >= 11 is 6.00. The van der Waals surface area contributed by atoms with Crippen molar-refractivity contribution >= 4 is 28.8 Å². The molecule has 0 amide bonds. The molecule has 24 heavy (non-hydrogen) atoms. The van der Waals surface area contributed by atoms with Crippen molar-refractivity contribution in [1.82, 2.24) is 4.98 Å². The summed E-state index contributed by atoms with van der Waals surface area (Å²) in [6, 6.07) is 5.24. The Bertz CT molecular complexity index is 811. The number of alkyl halides is 3. The largest absolute Gasteiger partial charge is 0.417 e. The number of fused-ring (bicyclic) bond motifs is 1. The third kappa shape index (κ3) is 3.01. The molecule has 0 bridgehead atoms. The van der Waals surface area contributed by atoms with Gasteiger partial charge in [0.25, 0.3) is 5.69 Å². The molecule has 0 spiro atoms. The van der Waals surface area contributed by atoms with Crippen LogP contribution < -0.4 is 4.90 Å². The number of nitro benzene ring substituents is 1. The van der Waals surface area contributed by atoms with Crippen LogP contribution in [0.25, 0.3) is 0 Å². The monoisotopic (exact) mass is 357 g/mol. The van der Waals surface area contributed by atoms with E-state index < -0.39 is 16.7 Å². The zero-order valence-corrected chi connectivity index (χ0v) is 12.9. The predicted molar refractivity (Wildman–Crippen MR) is 82.7 cm³/mol. The Kier molecular flexibility index (Phi) is 4.08. The SMILES string of the molecule is O=[N+]([O-])c1ccc2c(c1)CCCN2c1ncc(C(F)(F)F)cc1Cl. The van der Waals surface area contributed by atoms with Gasteiger partial charge in [0, 0.05) is 30.6 Å². The number of hydrogen-bond donors (Lipinski definition) is 0. The maximum atomic E-state index is 12.7. The van der Waals surface area contributed by atoms with Crippen LogP contribution >= 0.6 is 11.6 Å². The molecule has 0 saturated heterocycles. The Balaban J connectivity index is 2.02. The third-order valence-corrected chi connectivity index (χ3v) is 4.08. The van der Waals surface area contributed by atoms with E-state index in [1.165, 1.54) is 12.1 Å². The minimum absolute atomic E-state index is 0.0259. The quantitative estimate of drug-likeness (QED) is 0.575. The molecule has 0 radical (unpaired) electrons. The molecule has 2 heterocycles. The highest BCUT2D eigenvalue weighted by Gasteiger charge is 2.32. The van der Waals surface area contributed by atoms with Crippen molar-refractivity contribution in [2.75, 3.05) is 11.4 Å². The standard InChI is InChI=1S/C15H11ClF3N3O2/c16-12-7-10(15(17,18)19)8-20-14(12)21-5-1-2-9-6-11(22(23)24)3-4-13(9)21/h3-4,6-8H,1-2,5H2. The number of halogens is 4. The number of anilines is 2. The molecule has 1 aliphatic heterocycles. The number of hydrogen-bond acceptors (Lipinski definition) is 4. The Morgan fingerprint density at radius 1 is 1.29 bits per heavy atom. The number of nitro groups is 1. The normalized spacial score (nSPS) is 14.4. The Labute approximate surface area is 139 Å². The number of aromatic nitrogens is 1. The first-order chi connectivity index (χ1) is 11.3. The van der Waals surface area contributed by atoms with Gasteiger partial charge in [-0.2, -0.15) is 13.2 Å². The molecule has 5 nitrogen and oxygen atoms in total. The number of pyridine rings is 1. The van der Waals surface area contributed by atoms with Crippen LogP contribution in [0.2, 0.25) is 5.02 Å². The molecule has 0 fully saturated rings. The smallest absolute Gasteiger partial charge is 0.325 e. The molecular formula is C15H11ClF3N3O2. The Morgan fingerprint density at radius 2 is 2.04 bits per heavy atom. The molecule has 0 aliphatic carbocycles. The molecule has 1 aliphatic rings. The van der Waals surface area contributed by atoms with Crippen molar-refractivity contribution in [3.05, 3.63) is 56.7 Å². The number of non-ortho nitro benzene ring substituents is 1. The average molecular weight is 358 g/mol. The van der Waals surface area contributed by atoms with Crippen LogP contribution in [0.3, 0.4) is 0 Å². The van der Waals surface area contributed by atoms with Gasteiger partial charge in [0.1, 0.15) is 0 Å². The third-order valence-electron chi connectivity index (χ3n) is 3.80. The molecule has 1 aromatic heterocycles. The van der Waals surface area contributed by atoms with Crippen molar-refractivity contribution in [3.8, 4) is 0 Å². The van der Waals surface area contributed by atoms with E-state index in [9.17, 15) is 23.3 Å². The van der Waals surface area contributed by atoms with Gasteiger partial charge < -0.3 is 4.90 Å². The highest BCUT2D eigenvalue weighted by Crippen LogP contribution is 2.39. The van der Waals surface area contributed by atoms with Crippen LogP contribution in [-0.2, 0) is 12.6 Å². The number of nitrogens with zero attached hydrogens (tertiary/aromatic N) is 3. The summed E-state index contributed by atoms with van der Waals surface area (Å²) in [6.45, 7) is 0.517. The van der Waals surface area contributed by atoms with Crippen LogP contribution in [0.4, 0.5) is 30.4 Å². The second kappa shape index (κ2) is 5.94. The fourth-order valence-corrected chi connectivity index (χ4v) is 2.97. The lowest BCUT2D eigenvalue weighted by Gasteiger charge is -2.31. The Hall–Kier alpha value is -2.35. The van der Waals surface area contributed by atoms with Crippen LogP contribution in [0.5, 0.6) is 0 Å². The molecule has 0 atom stereocenters. The molecule has 126 valence electrons. The molecule has 0 N–H and O–H groups in total. The zero-order valence-electron chi connectivity index (χ0n) is 12.2. The molecule has 0 unspecified atom stereocenters. The summed E-state index contributed by atoms with van der Waals surface area (Å²) < 4.78 is 38.2. The van der Waals surface area contributed by atoms with Gasteiger partial charge in [-0.15, -0.1) is 0 Å². The summed E-state index contributed by atoms with van der Waals surface area (Å²) in [5, 5.41) is 10.8. The van der Waals surface area contributed by atoms with Crippen LogP contribution in [0, 0.1) is 10.1 Å². The fourth-order valence-electron chi connectivity index (χ4n) is 2.70. The van der Waals surface area contributed by atoms with Gasteiger partial charge in [-0.25, -0.2) is 4.98 Å². The van der Waals surface area contributed by atoms with Crippen molar-refractivity contribution < 1.29 is 18.1 Å².